The molecule has 2 aromatic carbocycles. The summed E-state index contributed by atoms with van der Waals surface area (Å²) in [7, 11) is 0. The van der Waals surface area contributed by atoms with Gasteiger partial charge in [0.1, 0.15) is 5.75 Å². The van der Waals surface area contributed by atoms with Gasteiger partial charge in [-0.2, -0.15) is 0 Å². The Morgan fingerprint density at radius 1 is 0.833 bits per heavy atom. The Labute approximate surface area is 145 Å². The number of pyridine rings is 1. The Morgan fingerprint density at radius 2 is 1.42 bits per heavy atom. The van der Waals surface area contributed by atoms with Crippen LogP contribution >= 0.6 is 11.6 Å². The second-order valence-corrected chi connectivity index (χ2v) is 5.52. The number of hydrogen-bond donors (Lipinski definition) is 0. The standard InChI is InChI=1S/C20H14ClNO2/c21-18-7-5-17(6-8-18)20(23)24-19-9-3-15(4-10-19)1-2-16-11-13-22-14-12-16/h1-14H/b2-1+. The molecule has 0 fully saturated rings. The van der Waals surface area contributed by atoms with E-state index in [4.69, 9.17) is 16.3 Å². The van der Waals surface area contributed by atoms with E-state index < -0.39 is 5.97 Å². The zero-order valence-corrected chi connectivity index (χ0v) is 13.5. The van der Waals surface area contributed by atoms with E-state index in [0.29, 0.717) is 16.3 Å². The molecule has 118 valence electrons. The first-order chi connectivity index (χ1) is 11.7. The van der Waals surface area contributed by atoms with Gasteiger partial charge in [0.05, 0.1) is 5.56 Å². The fraction of sp³-hybridized carbons (Fsp3) is 0. The van der Waals surface area contributed by atoms with Crippen LogP contribution in [0.25, 0.3) is 12.2 Å². The second kappa shape index (κ2) is 7.57. The zero-order valence-electron chi connectivity index (χ0n) is 12.7. The molecule has 3 aromatic rings. The monoisotopic (exact) mass is 335 g/mol. The van der Waals surface area contributed by atoms with Gasteiger partial charge in [-0.15, -0.1) is 0 Å². The summed E-state index contributed by atoms with van der Waals surface area (Å²) in [5, 5.41) is 0.580. The van der Waals surface area contributed by atoms with E-state index in [-0.39, 0.29) is 0 Å². The van der Waals surface area contributed by atoms with Gasteiger partial charge in [0.25, 0.3) is 0 Å². The molecule has 4 heteroatoms. The molecule has 0 aliphatic rings. The molecule has 3 nitrogen and oxygen atoms in total. The second-order valence-electron chi connectivity index (χ2n) is 5.08. The van der Waals surface area contributed by atoms with Crippen molar-refractivity contribution in [3.8, 4) is 5.75 Å². The number of halogens is 1. The van der Waals surface area contributed by atoms with Crippen molar-refractivity contribution in [1.29, 1.82) is 0 Å². The first-order valence-electron chi connectivity index (χ1n) is 7.37. The molecule has 0 radical (unpaired) electrons. The third-order valence-corrected chi connectivity index (χ3v) is 3.60. The molecule has 0 saturated carbocycles. The third-order valence-electron chi connectivity index (χ3n) is 3.34. The lowest BCUT2D eigenvalue weighted by Crippen LogP contribution is -2.08. The molecule has 1 heterocycles. The van der Waals surface area contributed by atoms with Crippen LogP contribution in [-0.2, 0) is 0 Å². The highest BCUT2D eigenvalue weighted by molar-refractivity contribution is 6.30. The lowest BCUT2D eigenvalue weighted by molar-refractivity contribution is 0.0735. The number of hydrogen-bond acceptors (Lipinski definition) is 3. The summed E-state index contributed by atoms with van der Waals surface area (Å²) in [5.41, 5.74) is 2.54. The molecule has 0 spiro atoms. The topological polar surface area (TPSA) is 39.2 Å². The van der Waals surface area contributed by atoms with Gasteiger partial charge in [-0.25, -0.2) is 4.79 Å². The van der Waals surface area contributed by atoms with Crippen LogP contribution in [0.5, 0.6) is 5.75 Å². The predicted molar refractivity (Wildman–Crippen MR) is 96.0 cm³/mol. The molecule has 3 rings (SSSR count). The average molecular weight is 336 g/mol. The molecule has 0 bridgehead atoms. The largest absolute Gasteiger partial charge is 0.423 e. The molecule has 0 amide bonds. The molecule has 1 aromatic heterocycles. The zero-order chi connectivity index (χ0) is 16.8. The van der Waals surface area contributed by atoms with Crippen LogP contribution in [0.3, 0.4) is 0 Å². The van der Waals surface area contributed by atoms with Crippen molar-refractivity contribution < 1.29 is 9.53 Å². The van der Waals surface area contributed by atoms with Gasteiger partial charge in [0.15, 0.2) is 0 Å². The van der Waals surface area contributed by atoms with Crippen LogP contribution < -0.4 is 4.74 Å². The number of esters is 1. The number of carbonyl (C=O) groups is 1. The number of nitrogens with zero attached hydrogens (tertiary/aromatic N) is 1. The highest BCUT2D eigenvalue weighted by atomic mass is 35.5. The number of rotatable bonds is 4. The third kappa shape index (κ3) is 4.31. The number of ether oxygens (including phenoxy) is 1. The van der Waals surface area contributed by atoms with Gasteiger partial charge in [0, 0.05) is 17.4 Å². The fourth-order valence-electron chi connectivity index (χ4n) is 2.07. The molecule has 0 aliphatic carbocycles. The van der Waals surface area contributed by atoms with E-state index in [1.54, 1.807) is 48.8 Å². The molecule has 0 saturated heterocycles. The molecular formula is C20H14ClNO2. The van der Waals surface area contributed by atoms with Crippen LogP contribution in [0.1, 0.15) is 21.5 Å². The molecule has 0 unspecified atom stereocenters. The number of carbonyl (C=O) groups excluding carboxylic acids is 1. The maximum Gasteiger partial charge on any atom is 0.343 e. The molecule has 0 atom stereocenters. The fourth-order valence-corrected chi connectivity index (χ4v) is 2.19. The van der Waals surface area contributed by atoms with Crippen molar-refractivity contribution in [2.24, 2.45) is 0 Å². The van der Waals surface area contributed by atoms with Crippen LogP contribution in [-0.4, -0.2) is 11.0 Å². The van der Waals surface area contributed by atoms with Crippen molar-refractivity contribution in [2.45, 2.75) is 0 Å². The van der Waals surface area contributed by atoms with Crippen molar-refractivity contribution in [3.63, 3.8) is 0 Å². The Morgan fingerprint density at radius 3 is 2.04 bits per heavy atom. The van der Waals surface area contributed by atoms with Gasteiger partial charge >= 0.3 is 5.97 Å². The smallest absolute Gasteiger partial charge is 0.343 e. The van der Waals surface area contributed by atoms with E-state index >= 15 is 0 Å². The molecule has 0 N–H and O–H groups in total. The summed E-state index contributed by atoms with van der Waals surface area (Å²) in [6.45, 7) is 0. The van der Waals surface area contributed by atoms with E-state index in [0.717, 1.165) is 11.1 Å². The van der Waals surface area contributed by atoms with Gasteiger partial charge in [-0.05, 0) is 59.7 Å². The molecular weight excluding hydrogens is 322 g/mol. The Balaban J connectivity index is 1.65. The SMILES string of the molecule is O=C(Oc1ccc(/C=C/c2ccncc2)cc1)c1ccc(Cl)cc1. The molecule has 24 heavy (non-hydrogen) atoms. The minimum absolute atomic E-state index is 0.410. The van der Waals surface area contributed by atoms with Gasteiger partial charge in [-0.1, -0.05) is 35.9 Å². The van der Waals surface area contributed by atoms with E-state index in [1.807, 2.05) is 36.4 Å². The number of benzene rings is 2. The summed E-state index contributed by atoms with van der Waals surface area (Å²) in [6.07, 6.45) is 7.48. The summed E-state index contributed by atoms with van der Waals surface area (Å²) in [4.78, 5) is 16.0. The highest BCUT2D eigenvalue weighted by Crippen LogP contribution is 2.17. The van der Waals surface area contributed by atoms with Crippen LogP contribution in [0.2, 0.25) is 5.02 Å². The first kappa shape index (κ1) is 16.0. The maximum absolute atomic E-state index is 12.0. The minimum Gasteiger partial charge on any atom is -0.423 e. The lowest BCUT2D eigenvalue weighted by atomic mass is 10.1. The van der Waals surface area contributed by atoms with E-state index in [2.05, 4.69) is 4.98 Å². The average Bonchev–Trinajstić information content (AvgIpc) is 2.62. The van der Waals surface area contributed by atoms with Gasteiger partial charge in [0.2, 0.25) is 0 Å². The Bertz CT molecular complexity index is 841. The predicted octanol–water partition coefficient (Wildman–Crippen LogP) is 5.12. The van der Waals surface area contributed by atoms with Crippen LogP contribution in [0, 0.1) is 0 Å². The van der Waals surface area contributed by atoms with Crippen molar-refractivity contribution in [1.82, 2.24) is 4.98 Å². The highest BCUT2D eigenvalue weighted by Gasteiger charge is 2.08. The van der Waals surface area contributed by atoms with Gasteiger partial charge in [-0.3, -0.25) is 4.98 Å². The first-order valence-corrected chi connectivity index (χ1v) is 7.74. The lowest BCUT2D eigenvalue weighted by Gasteiger charge is -2.04. The quantitative estimate of drug-likeness (QED) is 0.490. The minimum atomic E-state index is -0.410. The van der Waals surface area contributed by atoms with Crippen LogP contribution in [0.4, 0.5) is 0 Å². The Kier molecular flexibility index (Phi) is 5.04. The van der Waals surface area contributed by atoms with Crippen LogP contribution in [0.15, 0.2) is 73.1 Å². The van der Waals surface area contributed by atoms with Crippen molar-refractivity contribution in [3.05, 3.63) is 94.8 Å². The molecule has 0 aliphatic heterocycles. The van der Waals surface area contributed by atoms with Crippen molar-refractivity contribution in [2.75, 3.05) is 0 Å². The summed E-state index contributed by atoms with van der Waals surface area (Å²) < 4.78 is 5.34. The number of aromatic nitrogens is 1. The van der Waals surface area contributed by atoms with E-state index in [9.17, 15) is 4.79 Å². The Hall–Kier alpha value is -2.91. The normalized spacial score (nSPS) is 10.7. The van der Waals surface area contributed by atoms with Gasteiger partial charge < -0.3 is 4.74 Å². The van der Waals surface area contributed by atoms with Crippen molar-refractivity contribution >= 4 is 29.7 Å². The van der Waals surface area contributed by atoms with E-state index in [1.165, 1.54) is 0 Å². The summed E-state index contributed by atoms with van der Waals surface area (Å²) >= 11 is 5.81. The maximum atomic E-state index is 12.0. The summed E-state index contributed by atoms with van der Waals surface area (Å²) in [5.74, 6) is 0.0859. The summed E-state index contributed by atoms with van der Waals surface area (Å²) in [6, 6.07) is 17.8.